The zero-order valence-electron chi connectivity index (χ0n) is 23.1. The lowest BCUT2D eigenvalue weighted by molar-refractivity contribution is 0.384. The summed E-state index contributed by atoms with van der Waals surface area (Å²) in [6.07, 6.45) is 0.404. The van der Waals surface area contributed by atoms with Crippen LogP contribution >= 0.6 is 0 Å². The summed E-state index contributed by atoms with van der Waals surface area (Å²) < 4.78 is 86.2. The van der Waals surface area contributed by atoms with E-state index in [1.807, 2.05) is 0 Å². The van der Waals surface area contributed by atoms with Crippen molar-refractivity contribution in [3.8, 4) is 0 Å². The highest BCUT2D eigenvalue weighted by molar-refractivity contribution is 7.89. The summed E-state index contributed by atoms with van der Waals surface area (Å²) in [5.41, 5.74) is 4.96. The van der Waals surface area contributed by atoms with Crippen molar-refractivity contribution in [3.05, 3.63) is 124 Å². The Bertz CT molecular complexity index is 2050. The van der Waals surface area contributed by atoms with E-state index in [0.29, 0.717) is 6.42 Å². The molecular weight excluding hydrogens is 607 g/mol. The number of hydrogen-bond donors (Lipinski definition) is 0. The van der Waals surface area contributed by atoms with E-state index in [0.717, 1.165) is 33.4 Å². The van der Waals surface area contributed by atoms with Gasteiger partial charge in [0.15, 0.2) is 0 Å². The highest BCUT2D eigenvalue weighted by Crippen LogP contribution is 2.44. The molecule has 9 nitrogen and oxygen atoms in total. The minimum atomic E-state index is -3.85. The third-order valence-electron chi connectivity index (χ3n) is 8.61. The van der Waals surface area contributed by atoms with Crippen LogP contribution in [-0.2, 0) is 69.2 Å². The lowest BCUT2D eigenvalue weighted by atomic mass is 9.86. The molecule has 0 fully saturated rings. The number of benzene rings is 4. The van der Waals surface area contributed by atoms with Gasteiger partial charge in [-0.2, -0.15) is 12.9 Å². The number of fused-ring (bicyclic) bond motifs is 6. The maximum atomic E-state index is 13.7. The molecule has 3 heterocycles. The van der Waals surface area contributed by atoms with Gasteiger partial charge in [-0.1, -0.05) is 54.6 Å². The zero-order valence-corrected chi connectivity index (χ0v) is 25.6. The van der Waals surface area contributed by atoms with Crippen LogP contribution in [0.2, 0.25) is 0 Å². The molecule has 0 atom stereocenters. The van der Waals surface area contributed by atoms with Gasteiger partial charge in [-0.3, -0.25) is 0 Å². The Hall–Kier alpha value is -3.39. The molecule has 0 N–H and O–H groups in total. The van der Waals surface area contributed by atoms with Gasteiger partial charge in [0.25, 0.3) is 0 Å². The summed E-state index contributed by atoms with van der Waals surface area (Å²) in [6.45, 7) is 0.798. The Morgan fingerprint density at radius 2 is 0.651 bits per heavy atom. The van der Waals surface area contributed by atoms with Crippen LogP contribution in [0.3, 0.4) is 0 Å². The zero-order chi connectivity index (χ0) is 30.0. The lowest BCUT2D eigenvalue weighted by Crippen LogP contribution is -2.37. The fourth-order valence-corrected chi connectivity index (χ4v) is 10.7. The fourth-order valence-electron chi connectivity index (χ4n) is 6.43. The molecule has 12 heteroatoms. The molecule has 0 bridgehead atoms. The molecule has 3 aliphatic rings. The van der Waals surface area contributed by atoms with Crippen molar-refractivity contribution in [1.82, 2.24) is 12.9 Å². The first-order valence-electron chi connectivity index (χ1n) is 13.9. The first-order chi connectivity index (χ1) is 20.6. The van der Waals surface area contributed by atoms with E-state index in [1.54, 1.807) is 91.0 Å². The Kier molecular flexibility index (Phi) is 6.84. The quantitative estimate of drug-likeness (QED) is 0.318. The number of hydrogen-bond acceptors (Lipinski definition) is 6. The average molecular weight is 636 g/mol. The molecule has 0 saturated carbocycles. The van der Waals surface area contributed by atoms with Gasteiger partial charge in [-0.05, 0) is 76.2 Å². The molecule has 4 aromatic rings. The summed E-state index contributed by atoms with van der Waals surface area (Å²) >= 11 is 0. The third kappa shape index (κ3) is 4.64. The van der Waals surface area contributed by atoms with Crippen LogP contribution in [0.25, 0.3) is 0 Å². The smallest absolute Gasteiger partial charge is 0.207 e. The van der Waals surface area contributed by atoms with E-state index in [4.69, 9.17) is 0 Å². The second-order valence-electron chi connectivity index (χ2n) is 10.9. The summed E-state index contributed by atoms with van der Waals surface area (Å²) in [5.74, 6) is 0. The maximum absolute atomic E-state index is 13.7. The summed E-state index contributed by atoms with van der Waals surface area (Å²) in [5, 5.41) is 0. The van der Waals surface area contributed by atoms with Crippen molar-refractivity contribution in [1.29, 1.82) is 0 Å². The van der Waals surface area contributed by atoms with E-state index < -0.39 is 30.1 Å². The fraction of sp³-hybridized carbons (Fsp3) is 0.226. The molecule has 43 heavy (non-hydrogen) atoms. The molecular formula is C31H29N3O6S3. The average Bonchev–Trinajstić information content (AvgIpc) is 3.69. The normalized spacial score (nSPS) is 17.9. The van der Waals surface area contributed by atoms with Crippen LogP contribution in [0.4, 0.5) is 0 Å². The third-order valence-corrected chi connectivity index (χ3v) is 14.1. The Balaban J connectivity index is 1.33. The van der Waals surface area contributed by atoms with E-state index in [2.05, 4.69) is 0 Å². The minimum Gasteiger partial charge on any atom is -0.207 e. The van der Waals surface area contributed by atoms with Crippen molar-refractivity contribution in [2.45, 2.75) is 53.8 Å². The van der Waals surface area contributed by atoms with Gasteiger partial charge in [0.05, 0.1) is 14.7 Å². The van der Waals surface area contributed by atoms with Gasteiger partial charge in [-0.25, -0.2) is 25.3 Å². The van der Waals surface area contributed by atoms with Gasteiger partial charge in [-0.15, -0.1) is 0 Å². The topological polar surface area (TPSA) is 112 Å². The molecule has 0 amide bonds. The van der Waals surface area contributed by atoms with Gasteiger partial charge in [0.1, 0.15) is 0 Å². The SMILES string of the molecule is O=S(=O)(c1ccccc1)N1CCc2c(c3c(c4c2CN(S(=O)(=O)c2ccccc2)C4)CN(S(=O)(=O)c2ccccc2)C3)C1. The monoisotopic (exact) mass is 635 g/mol. The predicted molar refractivity (Wildman–Crippen MR) is 160 cm³/mol. The molecule has 222 valence electrons. The molecule has 0 aliphatic carbocycles. The first kappa shape index (κ1) is 28.4. The van der Waals surface area contributed by atoms with Crippen LogP contribution in [-0.4, -0.2) is 44.7 Å². The van der Waals surface area contributed by atoms with Crippen molar-refractivity contribution < 1.29 is 25.3 Å². The number of sulfonamides is 3. The van der Waals surface area contributed by atoms with E-state index >= 15 is 0 Å². The van der Waals surface area contributed by atoms with Crippen LogP contribution in [0, 0.1) is 0 Å². The number of rotatable bonds is 6. The predicted octanol–water partition coefficient (Wildman–Crippen LogP) is 3.84. The van der Waals surface area contributed by atoms with Crippen molar-refractivity contribution >= 4 is 30.1 Å². The Morgan fingerprint density at radius 3 is 1.00 bits per heavy atom. The molecule has 4 aromatic carbocycles. The van der Waals surface area contributed by atoms with E-state index in [9.17, 15) is 25.3 Å². The van der Waals surface area contributed by atoms with E-state index in [-0.39, 0.29) is 54.0 Å². The molecule has 0 radical (unpaired) electrons. The van der Waals surface area contributed by atoms with Crippen LogP contribution in [0.15, 0.2) is 106 Å². The molecule has 0 unspecified atom stereocenters. The minimum absolute atomic E-state index is 0.0901. The van der Waals surface area contributed by atoms with E-state index in [1.165, 1.54) is 12.9 Å². The van der Waals surface area contributed by atoms with Crippen LogP contribution in [0.5, 0.6) is 0 Å². The molecule has 0 aromatic heterocycles. The summed E-state index contributed by atoms with van der Waals surface area (Å²) in [7, 11) is -11.5. The summed E-state index contributed by atoms with van der Waals surface area (Å²) in [4.78, 5) is 0.571. The Labute approximate surface area is 252 Å². The molecule has 0 spiro atoms. The second kappa shape index (κ2) is 10.4. The number of nitrogens with zero attached hydrogens (tertiary/aromatic N) is 3. The van der Waals surface area contributed by atoms with Crippen LogP contribution < -0.4 is 0 Å². The standard InChI is InChI=1S/C31H29N3O6S3/c35-41(36,23-10-4-1-5-11-23)32-17-16-26-27(18-32)29-20-34(43(39,40)25-14-8-3-9-15-25)22-31(29)30-21-33(19-28(26)30)42(37,38)24-12-6-2-7-13-24/h1-15H,16-22H2. The highest BCUT2D eigenvalue weighted by Gasteiger charge is 2.42. The van der Waals surface area contributed by atoms with Gasteiger partial charge in [0, 0.05) is 39.3 Å². The van der Waals surface area contributed by atoms with Crippen molar-refractivity contribution in [2.24, 2.45) is 0 Å². The van der Waals surface area contributed by atoms with Gasteiger partial charge < -0.3 is 0 Å². The van der Waals surface area contributed by atoms with Gasteiger partial charge >= 0.3 is 0 Å². The molecule has 3 aliphatic heterocycles. The second-order valence-corrected chi connectivity index (χ2v) is 16.8. The van der Waals surface area contributed by atoms with Crippen LogP contribution in [0.1, 0.15) is 33.4 Å². The Morgan fingerprint density at radius 1 is 0.372 bits per heavy atom. The maximum Gasteiger partial charge on any atom is 0.243 e. The first-order valence-corrected chi connectivity index (χ1v) is 18.2. The largest absolute Gasteiger partial charge is 0.243 e. The molecule has 7 rings (SSSR count). The lowest BCUT2D eigenvalue weighted by Gasteiger charge is -2.31. The van der Waals surface area contributed by atoms with Gasteiger partial charge in [0.2, 0.25) is 30.1 Å². The van der Waals surface area contributed by atoms with Crippen molar-refractivity contribution in [3.63, 3.8) is 0 Å². The molecule has 0 saturated heterocycles. The highest BCUT2D eigenvalue weighted by atomic mass is 32.2. The summed E-state index contributed by atoms with van der Waals surface area (Å²) in [6, 6.07) is 24.7. The van der Waals surface area contributed by atoms with Crippen molar-refractivity contribution in [2.75, 3.05) is 6.54 Å².